The third kappa shape index (κ3) is 3.08. The molecule has 0 spiro atoms. The van der Waals surface area contributed by atoms with E-state index in [1.807, 2.05) is 6.07 Å². The third-order valence-corrected chi connectivity index (χ3v) is 5.10. The number of halogens is 1. The Balaban J connectivity index is 1.85. The molecule has 0 bridgehead atoms. The zero-order valence-corrected chi connectivity index (χ0v) is 13.2. The molecule has 2 atom stereocenters. The first-order valence-corrected chi connectivity index (χ1v) is 8.44. The van der Waals surface area contributed by atoms with Crippen LogP contribution in [0.1, 0.15) is 51.5 Å². The number of benzene rings is 1. The molecule has 2 unspecified atom stereocenters. The summed E-state index contributed by atoms with van der Waals surface area (Å²) in [5, 5.41) is 3.37. The van der Waals surface area contributed by atoms with E-state index in [0.29, 0.717) is 18.6 Å². The van der Waals surface area contributed by atoms with Gasteiger partial charge in [-0.25, -0.2) is 4.39 Å². The van der Waals surface area contributed by atoms with Gasteiger partial charge in [-0.2, -0.15) is 0 Å². The smallest absolute Gasteiger partial charge is 0.129 e. The van der Waals surface area contributed by atoms with Crippen LogP contribution < -0.4 is 10.2 Å². The molecule has 1 aromatic carbocycles. The van der Waals surface area contributed by atoms with E-state index >= 15 is 0 Å². The minimum atomic E-state index is -0.0695. The number of hydrogen-bond donors (Lipinski definition) is 1. The van der Waals surface area contributed by atoms with Crippen molar-refractivity contribution in [3.8, 4) is 0 Å². The Morgan fingerprint density at radius 3 is 2.86 bits per heavy atom. The molecule has 3 heteroatoms. The molecule has 116 valence electrons. The highest BCUT2D eigenvalue weighted by molar-refractivity contribution is 5.56. The van der Waals surface area contributed by atoms with Crippen LogP contribution in [-0.2, 0) is 6.54 Å². The van der Waals surface area contributed by atoms with Gasteiger partial charge in [-0.3, -0.25) is 0 Å². The standard InChI is InChI=1S/C18H27FN2/c1-13(2)20-12-15-16(19)7-5-9-18(15)21-11-10-14-6-3-4-8-17(14)21/h5,7,9,13-14,17,20H,3-4,6,8,10-12H2,1-2H3. The molecule has 3 rings (SSSR count). The van der Waals surface area contributed by atoms with E-state index in [-0.39, 0.29) is 5.82 Å². The molecular weight excluding hydrogens is 263 g/mol. The quantitative estimate of drug-likeness (QED) is 0.898. The largest absolute Gasteiger partial charge is 0.368 e. The summed E-state index contributed by atoms with van der Waals surface area (Å²) < 4.78 is 14.3. The average molecular weight is 290 g/mol. The Hall–Kier alpha value is -1.09. The first-order valence-electron chi connectivity index (χ1n) is 8.44. The maximum Gasteiger partial charge on any atom is 0.129 e. The fourth-order valence-electron chi connectivity index (χ4n) is 4.00. The van der Waals surface area contributed by atoms with Crippen LogP contribution in [0.5, 0.6) is 0 Å². The number of nitrogens with zero attached hydrogens (tertiary/aromatic N) is 1. The first kappa shape index (κ1) is 14.8. The molecule has 1 aliphatic heterocycles. The zero-order chi connectivity index (χ0) is 14.8. The van der Waals surface area contributed by atoms with E-state index in [4.69, 9.17) is 0 Å². The van der Waals surface area contributed by atoms with Crippen molar-refractivity contribution >= 4 is 5.69 Å². The van der Waals surface area contributed by atoms with Crippen LogP contribution in [0.3, 0.4) is 0 Å². The molecule has 1 N–H and O–H groups in total. The van der Waals surface area contributed by atoms with Gasteiger partial charge < -0.3 is 10.2 Å². The van der Waals surface area contributed by atoms with Crippen LogP contribution in [0.15, 0.2) is 18.2 Å². The van der Waals surface area contributed by atoms with Gasteiger partial charge in [0.15, 0.2) is 0 Å². The fraction of sp³-hybridized carbons (Fsp3) is 0.667. The van der Waals surface area contributed by atoms with Crippen molar-refractivity contribution in [1.29, 1.82) is 0 Å². The molecule has 2 aliphatic rings. The predicted octanol–water partition coefficient (Wildman–Crippen LogP) is 4.09. The molecule has 1 aromatic rings. The molecule has 0 amide bonds. The number of anilines is 1. The van der Waals surface area contributed by atoms with Gasteiger partial charge >= 0.3 is 0 Å². The number of fused-ring (bicyclic) bond motifs is 1. The van der Waals surface area contributed by atoms with E-state index in [1.54, 1.807) is 6.07 Å². The lowest BCUT2D eigenvalue weighted by atomic mass is 9.85. The molecule has 2 fully saturated rings. The van der Waals surface area contributed by atoms with Crippen LogP contribution >= 0.6 is 0 Å². The van der Waals surface area contributed by atoms with Crippen LogP contribution in [0.4, 0.5) is 10.1 Å². The predicted molar refractivity (Wildman–Crippen MR) is 86.1 cm³/mol. The van der Waals surface area contributed by atoms with Crippen molar-refractivity contribution in [3.05, 3.63) is 29.6 Å². The van der Waals surface area contributed by atoms with Gasteiger partial charge in [0.1, 0.15) is 5.82 Å². The van der Waals surface area contributed by atoms with Crippen molar-refractivity contribution in [2.45, 2.75) is 64.6 Å². The highest BCUT2D eigenvalue weighted by Crippen LogP contribution is 2.40. The maximum absolute atomic E-state index is 14.3. The average Bonchev–Trinajstić information content (AvgIpc) is 2.89. The van der Waals surface area contributed by atoms with Gasteiger partial charge in [-0.1, -0.05) is 32.8 Å². The van der Waals surface area contributed by atoms with Crippen molar-refractivity contribution in [2.24, 2.45) is 5.92 Å². The van der Waals surface area contributed by atoms with Gasteiger partial charge in [-0.05, 0) is 37.3 Å². The van der Waals surface area contributed by atoms with Crippen molar-refractivity contribution in [1.82, 2.24) is 5.32 Å². The van der Waals surface area contributed by atoms with Crippen LogP contribution in [-0.4, -0.2) is 18.6 Å². The molecule has 0 radical (unpaired) electrons. The minimum Gasteiger partial charge on any atom is -0.368 e. The lowest BCUT2D eigenvalue weighted by Gasteiger charge is -2.34. The fourth-order valence-corrected chi connectivity index (χ4v) is 4.00. The highest BCUT2D eigenvalue weighted by Gasteiger charge is 2.36. The Morgan fingerprint density at radius 2 is 2.05 bits per heavy atom. The summed E-state index contributed by atoms with van der Waals surface area (Å²) in [6, 6.07) is 6.57. The number of rotatable bonds is 4. The second-order valence-electron chi connectivity index (χ2n) is 6.87. The van der Waals surface area contributed by atoms with Crippen LogP contribution in [0.25, 0.3) is 0 Å². The third-order valence-electron chi connectivity index (χ3n) is 5.10. The maximum atomic E-state index is 14.3. The summed E-state index contributed by atoms with van der Waals surface area (Å²) in [7, 11) is 0. The molecule has 2 nitrogen and oxygen atoms in total. The SMILES string of the molecule is CC(C)NCc1c(F)cccc1N1CCC2CCCCC21. The highest BCUT2D eigenvalue weighted by atomic mass is 19.1. The molecule has 1 heterocycles. The van der Waals surface area contributed by atoms with E-state index in [1.165, 1.54) is 32.1 Å². The van der Waals surface area contributed by atoms with Gasteiger partial charge in [0.2, 0.25) is 0 Å². The van der Waals surface area contributed by atoms with Gasteiger partial charge in [0, 0.05) is 36.4 Å². The summed E-state index contributed by atoms with van der Waals surface area (Å²) in [6.07, 6.45) is 6.61. The Morgan fingerprint density at radius 1 is 1.24 bits per heavy atom. The molecule has 1 saturated carbocycles. The van der Waals surface area contributed by atoms with Gasteiger partial charge in [-0.15, -0.1) is 0 Å². The molecule has 21 heavy (non-hydrogen) atoms. The minimum absolute atomic E-state index is 0.0695. The number of nitrogens with one attached hydrogen (secondary N) is 1. The lowest BCUT2D eigenvalue weighted by molar-refractivity contribution is 0.341. The topological polar surface area (TPSA) is 15.3 Å². The van der Waals surface area contributed by atoms with E-state index in [0.717, 1.165) is 23.7 Å². The summed E-state index contributed by atoms with van der Waals surface area (Å²) >= 11 is 0. The molecule has 0 aromatic heterocycles. The Labute approximate surface area is 127 Å². The second-order valence-corrected chi connectivity index (χ2v) is 6.87. The molecule has 1 saturated heterocycles. The van der Waals surface area contributed by atoms with E-state index < -0.39 is 0 Å². The zero-order valence-electron chi connectivity index (χ0n) is 13.2. The molecular formula is C18H27FN2. The summed E-state index contributed by atoms with van der Waals surface area (Å²) in [5.74, 6) is 0.757. The Bertz CT molecular complexity index is 486. The van der Waals surface area contributed by atoms with Crippen molar-refractivity contribution in [3.63, 3.8) is 0 Å². The van der Waals surface area contributed by atoms with Crippen LogP contribution in [0.2, 0.25) is 0 Å². The van der Waals surface area contributed by atoms with Crippen molar-refractivity contribution in [2.75, 3.05) is 11.4 Å². The summed E-state index contributed by atoms with van der Waals surface area (Å²) in [4.78, 5) is 2.49. The molecule has 1 aliphatic carbocycles. The monoisotopic (exact) mass is 290 g/mol. The van der Waals surface area contributed by atoms with Gasteiger partial charge in [0.25, 0.3) is 0 Å². The van der Waals surface area contributed by atoms with Crippen LogP contribution in [0, 0.1) is 11.7 Å². The van der Waals surface area contributed by atoms with Gasteiger partial charge in [0.05, 0.1) is 0 Å². The lowest BCUT2D eigenvalue weighted by Crippen LogP contribution is -2.36. The first-order chi connectivity index (χ1) is 10.2. The second kappa shape index (κ2) is 6.35. The number of hydrogen-bond acceptors (Lipinski definition) is 2. The van der Waals surface area contributed by atoms with Crippen molar-refractivity contribution < 1.29 is 4.39 Å². The summed E-state index contributed by atoms with van der Waals surface area (Å²) in [6.45, 7) is 5.92. The normalized spacial score (nSPS) is 25.4. The van der Waals surface area contributed by atoms with E-state index in [9.17, 15) is 4.39 Å². The Kier molecular flexibility index (Phi) is 4.48. The van der Waals surface area contributed by atoms with E-state index in [2.05, 4.69) is 30.1 Å². The summed E-state index contributed by atoms with van der Waals surface area (Å²) in [5.41, 5.74) is 1.97.